The summed E-state index contributed by atoms with van der Waals surface area (Å²) in [5.74, 6) is 1.51. The molecule has 0 aliphatic carbocycles. The minimum Gasteiger partial charge on any atom is -0.490 e. The van der Waals surface area contributed by atoms with Gasteiger partial charge in [0, 0.05) is 18.3 Å². The molecular formula is C19H24N2O3S. The van der Waals surface area contributed by atoms with Gasteiger partial charge in [0.1, 0.15) is 0 Å². The van der Waals surface area contributed by atoms with Gasteiger partial charge in [0.25, 0.3) is 0 Å². The number of amides is 2. The lowest BCUT2D eigenvalue weighted by molar-refractivity contribution is 0.192. The fraction of sp³-hybridized carbons (Fsp3) is 0.421. The fourth-order valence-corrected chi connectivity index (χ4v) is 3.54. The molecule has 2 unspecified atom stereocenters. The molecule has 0 saturated carbocycles. The highest BCUT2D eigenvalue weighted by molar-refractivity contribution is 7.10. The molecule has 1 aromatic carbocycles. The van der Waals surface area contributed by atoms with Gasteiger partial charge in [-0.05, 0) is 43.0 Å². The minimum atomic E-state index is -0.123. The van der Waals surface area contributed by atoms with E-state index >= 15 is 0 Å². The number of fused-ring (bicyclic) bond motifs is 1. The molecule has 0 fully saturated rings. The largest absolute Gasteiger partial charge is 0.490 e. The fourth-order valence-electron chi connectivity index (χ4n) is 2.72. The molecule has 2 heterocycles. The zero-order valence-corrected chi connectivity index (χ0v) is 15.6. The zero-order valence-electron chi connectivity index (χ0n) is 14.8. The molecule has 0 radical (unpaired) electrons. The highest BCUT2D eigenvalue weighted by atomic mass is 32.1. The third-order valence-electron chi connectivity index (χ3n) is 4.47. The Morgan fingerprint density at radius 1 is 1.20 bits per heavy atom. The van der Waals surface area contributed by atoms with Crippen molar-refractivity contribution in [2.24, 2.45) is 0 Å². The third-order valence-corrected chi connectivity index (χ3v) is 5.51. The van der Waals surface area contributed by atoms with Gasteiger partial charge >= 0.3 is 6.03 Å². The normalized spacial score (nSPS) is 15.8. The summed E-state index contributed by atoms with van der Waals surface area (Å²) in [5.41, 5.74) is 0.995. The molecule has 1 aliphatic rings. The average Bonchev–Trinajstić information content (AvgIpc) is 3.05. The second-order valence-electron chi connectivity index (χ2n) is 6.23. The van der Waals surface area contributed by atoms with E-state index in [1.54, 1.807) is 16.2 Å². The Kier molecular flexibility index (Phi) is 5.48. The smallest absolute Gasteiger partial charge is 0.318 e. The number of hydrogen-bond donors (Lipinski definition) is 1. The molecule has 6 heteroatoms. The van der Waals surface area contributed by atoms with Crippen molar-refractivity contribution in [1.82, 2.24) is 10.2 Å². The van der Waals surface area contributed by atoms with Gasteiger partial charge in [-0.1, -0.05) is 12.1 Å². The van der Waals surface area contributed by atoms with Gasteiger partial charge in [-0.3, -0.25) is 0 Å². The van der Waals surface area contributed by atoms with Gasteiger partial charge in [-0.2, -0.15) is 0 Å². The highest BCUT2D eigenvalue weighted by Crippen LogP contribution is 2.32. The first-order chi connectivity index (χ1) is 12.1. The van der Waals surface area contributed by atoms with E-state index in [4.69, 9.17) is 9.47 Å². The maximum atomic E-state index is 12.6. The van der Waals surface area contributed by atoms with E-state index < -0.39 is 0 Å². The third kappa shape index (κ3) is 4.07. The quantitative estimate of drug-likeness (QED) is 0.881. The maximum Gasteiger partial charge on any atom is 0.318 e. The molecule has 1 aliphatic heterocycles. The molecule has 0 spiro atoms. The summed E-state index contributed by atoms with van der Waals surface area (Å²) in [6.45, 7) is 5.33. The highest BCUT2D eigenvalue weighted by Gasteiger charge is 2.21. The van der Waals surface area contributed by atoms with Gasteiger partial charge in [-0.15, -0.1) is 11.3 Å². The van der Waals surface area contributed by atoms with Crippen molar-refractivity contribution in [2.45, 2.75) is 32.4 Å². The number of nitrogens with one attached hydrogen (secondary N) is 1. The number of urea groups is 1. The van der Waals surface area contributed by atoms with Crippen molar-refractivity contribution >= 4 is 17.4 Å². The Labute approximate surface area is 152 Å². The van der Waals surface area contributed by atoms with Gasteiger partial charge in [0.05, 0.1) is 25.3 Å². The molecule has 0 saturated heterocycles. The lowest BCUT2D eigenvalue weighted by Crippen LogP contribution is -2.39. The van der Waals surface area contributed by atoms with E-state index in [1.165, 1.54) is 4.88 Å². The van der Waals surface area contributed by atoms with Crippen LogP contribution in [0.4, 0.5) is 4.79 Å². The van der Waals surface area contributed by atoms with E-state index in [1.807, 2.05) is 56.6 Å². The van der Waals surface area contributed by atoms with Crippen LogP contribution in [0.3, 0.4) is 0 Å². The van der Waals surface area contributed by atoms with E-state index in [0.717, 1.165) is 23.5 Å². The maximum absolute atomic E-state index is 12.6. The molecule has 134 valence electrons. The first kappa shape index (κ1) is 17.6. The first-order valence-corrected chi connectivity index (χ1v) is 9.40. The van der Waals surface area contributed by atoms with Crippen molar-refractivity contribution in [3.05, 3.63) is 46.2 Å². The second kappa shape index (κ2) is 7.78. The van der Waals surface area contributed by atoms with Crippen LogP contribution < -0.4 is 14.8 Å². The molecular weight excluding hydrogens is 336 g/mol. The Bertz CT molecular complexity index is 717. The average molecular weight is 360 g/mol. The number of ether oxygens (including phenoxy) is 2. The number of nitrogens with zero attached hydrogens (tertiary/aromatic N) is 1. The Hall–Kier alpha value is -2.21. The van der Waals surface area contributed by atoms with E-state index in [0.29, 0.717) is 13.2 Å². The molecule has 5 nitrogen and oxygen atoms in total. The predicted molar refractivity (Wildman–Crippen MR) is 99.5 cm³/mol. The van der Waals surface area contributed by atoms with Crippen LogP contribution in [0.1, 0.15) is 42.8 Å². The number of hydrogen-bond acceptors (Lipinski definition) is 4. The monoisotopic (exact) mass is 360 g/mol. The molecule has 2 amide bonds. The van der Waals surface area contributed by atoms with E-state index in [9.17, 15) is 4.79 Å². The lowest BCUT2D eigenvalue weighted by Gasteiger charge is -2.26. The molecule has 0 bridgehead atoms. The first-order valence-electron chi connectivity index (χ1n) is 8.52. The molecule has 25 heavy (non-hydrogen) atoms. The van der Waals surface area contributed by atoms with Crippen LogP contribution in [-0.2, 0) is 0 Å². The zero-order chi connectivity index (χ0) is 17.8. The van der Waals surface area contributed by atoms with Crippen molar-refractivity contribution in [3.63, 3.8) is 0 Å². The number of carbonyl (C=O) groups excluding carboxylic acids is 1. The van der Waals surface area contributed by atoms with Crippen LogP contribution in [0.2, 0.25) is 0 Å². The summed E-state index contributed by atoms with van der Waals surface area (Å²) in [5, 5.41) is 5.08. The van der Waals surface area contributed by atoms with Crippen LogP contribution in [0.25, 0.3) is 0 Å². The van der Waals surface area contributed by atoms with E-state index in [-0.39, 0.29) is 18.1 Å². The SMILES string of the molecule is CC(NC(=O)N(C)C(C)c1cccs1)c1ccc2c(c1)OCCCO2. The molecule has 1 aromatic heterocycles. The number of carbonyl (C=O) groups is 1. The topological polar surface area (TPSA) is 50.8 Å². The van der Waals surface area contributed by atoms with Gasteiger partial charge in [0.15, 0.2) is 11.5 Å². The standard InChI is InChI=1S/C19H24N2O3S/c1-13(15-7-8-16-17(12-15)24-10-5-9-23-16)20-19(22)21(3)14(2)18-6-4-11-25-18/h4,6-8,11-14H,5,9-10H2,1-3H3,(H,20,22). The van der Waals surface area contributed by atoms with Gasteiger partial charge in [0.2, 0.25) is 0 Å². The molecule has 3 rings (SSSR count). The summed E-state index contributed by atoms with van der Waals surface area (Å²) in [7, 11) is 1.82. The van der Waals surface area contributed by atoms with Crippen molar-refractivity contribution in [1.29, 1.82) is 0 Å². The lowest BCUT2D eigenvalue weighted by atomic mass is 10.1. The number of rotatable bonds is 4. The van der Waals surface area contributed by atoms with Crippen LogP contribution in [0.5, 0.6) is 11.5 Å². The van der Waals surface area contributed by atoms with Crippen LogP contribution in [-0.4, -0.2) is 31.2 Å². The van der Waals surface area contributed by atoms with Gasteiger partial charge < -0.3 is 19.7 Å². The molecule has 1 N–H and O–H groups in total. The predicted octanol–water partition coefficient (Wildman–Crippen LogP) is 4.37. The number of thiophene rings is 1. The Balaban J connectivity index is 1.66. The summed E-state index contributed by atoms with van der Waals surface area (Å²) in [6.07, 6.45) is 0.877. The second-order valence-corrected chi connectivity index (χ2v) is 7.21. The van der Waals surface area contributed by atoms with Gasteiger partial charge in [-0.25, -0.2) is 4.79 Å². The van der Waals surface area contributed by atoms with Crippen LogP contribution in [0, 0.1) is 0 Å². The Morgan fingerprint density at radius 3 is 2.68 bits per heavy atom. The Morgan fingerprint density at radius 2 is 1.96 bits per heavy atom. The number of benzene rings is 1. The van der Waals surface area contributed by atoms with Crippen molar-refractivity contribution in [3.8, 4) is 11.5 Å². The molecule has 2 atom stereocenters. The summed E-state index contributed by atoms with van der Waals surface area (Å²) in [4.78, 5) is 15.5. The van der Waals surface area contributed by atoms with Crippen molar-refractivity contribution < 1.29 is 14.3 Å². The van der Waals surface area contributed by atoms with Crippen LogP contribution >= 0.6 is 11.3 Å². The van der Waals surface area contributed by atoms with Crippen molar-refractivity contribution in [2.75, 3.05) is 20.3 Å². The molecule has 2 aromatic rings. The van der Waals surface area contributed by atoms with Crippen LogP contribution in [0.15, 0.2) is 35.7 Å². The summed E-state index contributed by atoms with van der Waals surface area (Å²) in [6, 6.07) is 9.71. The summed E-state index contributed by atoms with van der Waals surface area (Å²) >= 11 is 1.66. The van der Waals surface area contributed by atoms with E-state index in [2.05, 4.69) is 5.32 Å². The minimum absolute atomic E-state index is 0.0379. The summed E-state index contributed by atoms with van der Waals surface area (Å²) < 4.78 is 11.4.